The van der Waals surface area contributed by atoms with Crippen LogP contribution in [0, 0.1) is 6.92 Å². The van der Waals surface area contributed by atoms with Crippen molar-refractivity contribution in [3.63, 3.8) is 0 Å². The van der Waals surface area contributed by atoms with E-state index < -0.39 is 0 Å². The maximum Gasteiger partial charge on any atom is 0.233 e. The Balaban J connectivity index is 1.60. The second-order valence-corrected chi connectivity index (χ2v) is 4.65. The Morgan fingerprint density at radius 2 is 2.29 bits per heavy atom. The number of hydrogen-bond acceptors (Lipinski definition) is 4. The molecular formula is C13H21N3O. The summed E-state index contributed by atoms with van der Waals surface area (Å²) in [5, 5.41) is 11.5. The van der Waals surface area contributed by atoms with E-state index in [1.807, 2.05) is 19.1 Å². The summed E-state index contributed by atoms with van der Waals surface area (Å²) in [5.41, 5.74) is 0.920. The Morgan fingerprint density at radius 1 is 1.35 bits per heavy atom. The predicted octanol–water partition coefficient (Wildman–Crippen LogP) is 2.09. The standard InChI is InChI=1S/C13H21N3O/c1-11-7-8-13(16-15-11)17-10-4-6-12-5-2-3-9-14-12/h7-8,12,14H,2-6,9-10H2,1H3/t12-/m0/s1. The van der Waals surface area contributed by atoms with Gasteiger partial charge in [0.25, 0.3) is 0 Å². The molecule has 17 heavy (non-hydrogen) atoms. The summed E-state index contributed by atoms with van der Waals surface area (Å²) in [6.45, 7) is 3.83. The molecule has 1 aromatic heterocycles. The smallest absolute Gasteiger partial charge is 0.233 e. The maximum atomic E-state index is 5.55. The summed E-state index contributed by atoms with van der Waals surface area (Å²) in [6, 6.07) is 4.49. The molecular weight excluding hydrogens is 214 g/mol. The molecule has 1 N–H and O–H groups in total. The first-order valence-corrected chi connectivity index (χ1v) is 6.51. The van der Waals surface area contributed by atoms with Crippen molar-refractivity contribution < 1.29 is 4.74 Å². The van der Waals surface area contributed by atoms with Crippen molar-refractivity contribution in [2.24, 2.45) is 0 Å². The minimum absolute atomic E-state index is 0.632. The topological polar surface area (TPSA) is 47.0 Å². The monoisotopic (exact) mass is 235 g/mol. The Bertz CT molecular complexity index is 320. The van der Waals surface area contributed by atoms with Crippen molar-refractivity contribution in [3.8, 4) is 5.88 Å². The Labute approximate surface area is 103 Å². The van der Waals surface area contributed by atoms with Gasteiger partial charge >= 0.3 is 0 Å². The van der Waals surface area contributed by atoms with Gasteiger partial charge in [-0.15, -0.1) is 5.10 Å². The molecule has 0 bridgehead atoms. The van der Waals surface area contributed by atoms with Crippen molar-refractivity contribution in [1.29, 1.82) is 0 Å². The molecule has 1 aliphatic rings. The van der Waals surface area contributed by atoms with E-state index in [0.29, 0.717) is 11.9 Å². The van der Waals surface area contributed by atoms with Crippen LogP contribution in [0.15, 0.2) is 12.1 Å². The first kappa shape index (κ1) is 12.3. The fourth-order valence-corrected chi connectivity index (χ4v) is 2.14. The fourth-order valence-electron chi connectivity index (χ4n) is 2.14. The molecule has 1 atom stereocenters. The third-order valence-corrected chi connectivity index (χ3v) is 3.13. The molecule has 2 rings (SSSR count). The van der Waals surface area contributed by atoms with Crippen LogP contribution < -0.4 is 10.1 Å². The average molecular weight is 235 g/mol. The van der Waals surface area contributed by atoms with Crippen molar-refractivity contribution in [1.82, 2.24) is 15.5 Å². The molecule has 0 aliphatic carbocycles. The van der Waals surface area contributed by atoms with E-state index in [-0.39, 0.29) is 0 Å². The highest BCUT2D eigenvalue weighted by Crippen LogP contribution is 2.12. The minimum Gasteiger partial charge on any atom is -0.477 e. The van der Waals surface area contributed by atoms with Gasteiger partial charge in [0.1, 0.15) is 0 Å². The van der Waals surface area contributed by atoms with E-state index in [2.05, 4.69) is 15.5 Å². The van der Waals surface area contributed by atoms with Crippen LogP contribution in [0.5, 0.6) is 5.88 Å². The van der Waals surface area contributed by atoms with E-state index in [0.717, 1.165) is 18.7 Å². The lowest BCUT2D eigenvalue weighted by Gasteiger charge is -2.23. The highest BCUT2D eigenvalue weighted by atomic mass is 16.5. The van der Waals surface area contributed by atoms with Crippen LogP contribution in [0.3, 0.4) is 0 Å². The van der Waals surface area contributed by atoms with Crippen LogP contribution in [-0.4, -0.2) is 29.4 Å². The van der Waals surface area contributed by atoms with Crippen LogP contribution >= 0.6 is 0 Å². The Hall–Kier alpha value is -1.16. The van der Waals surface area contributed by atoms with Gasteiger partial charge in [-0.3, -0.25) is 0 Å². The minimum atomic E-state index is 0.632. The highest BCUT2D eigenvalue weighted by Gasteiger charge is 2.11. The number of hydrogen-bond donors (Lipinski definition) is 1. The molecule has 0 spiro atoms. The molecule has 0 saturated carbocycles. The van der Waals surface area contributed by atoms with E-state index in [1.54, 1.807) is 0 Å². The van der Waals surface area contributed by atoms with E-state index in [4.69, 9.17) is 4.74 Å². The third kappa shape index (κ3) is 4.30. The predicted molar refractivity (Wildman–Crippen MR) is 67.1 cm³/mol. The third-order valence-electron chi connectivity index (χ3n) is 3.13. The van der Waals surface area contributed by atoms with Gasteiger partial charge in [-0.2, -0.15) is 5.10 Å². The van der Waals surface area contributed by atoms with E-state index >= 15 is 0 Å². The van der Waals surface area contributed by atoms with Gasteiger partial charge in [-0.05, 0) is 45.2 Å². The number of ether oxygens (including phenoxy) is 1. The SMILES string of the molecule is Cc1ccc(OCCC[C@@H]2CCCCN2)nn1. The van der Waals surface area contributed by atoms with Crippen LogP contribution in [0.25, 0.3) is 0 Å². The molecule has 1 aliphatic heterocycles. The second kappa shape index (κ2) is 6.55. The lowest BCUT2D eigenvalue weighted by Crippen LogP contribution is -2.34. The number of nitrogens with one attached hydrogen (secondary N) is 1. The van der Waals surface area contributed by atoms with Gasteiger partial charge in [0.15, 0.2) is 0 Å². The van der Waals surface area contributed by atoms with Gasteiger partial charge in [-0.1, -0.05) is 6.42 Å². The number of piperidine rings is 1. The van der Waals surface area contributed by atoms with Crippen LogP contribution in [0.4, 0.5) is 0 Å². The van der Waals surface area contributed by atoms with Crippen LogP contribution in [0.1, 0.15) is 37.8 Å². The summed E-state index contributed by atoms with van der Waals surface area (Å²) < 4.78 is 5.55. The fraction of sp³-hybridized carbons (Fsp3) is 0.692. The molecule has 1 fully saturated rings. The summed E-state index contributed by atoms with van der Waals surface area (Å²) >= 11 is 0. The molecule has 94 valence electrons. The maximum absolute atomic E-state index is 5.55. The molecule has 1 aromatic rings. The van der Waals surface area contributed by atoms with Gasteiger partial charge in [-0.25, -0.2) is 0 Å². The summed E-state index contributed by atoms with van der Waals surface area (Å²) in [7, 11) is 0. The lowest BCUT2D eigenvalue weighted by molar-refractivity contribution is 0.274. The first-order valence-electron chi connectivity index (χ1n) is 6.51. The van der Waals surface area contributed by atoms with Gasteiger partial charge < -0.3 is 10.1 Å². The lowest BCUT2D eigenvalue weighted by atomic mass is 10.0. The molecule has 0 unspecified atom stereocenters. The number of rotatable bonds is 5. The molecule has 4 nitrogen and oxygen atoms in total. The number of nitrogens with zero attached hydrogens (tertiary/aromatic N) is 2. The largest absolute Gasteiger partial charge is 0.477 e. The summed E-state index contributed by atoms with van der Waals surface area (Å²) in [6.07, 6.45) is 6.27. The highest BCUT2D eigenvalue weighted by molar-refractivity contribution is 5.09. The number of aryl methyl sites for hydroxylation is 1. The van der Waals surface area contributed by atoms with Crippen molar-refractivity contribution in [3.05, 3.63) is 17.8 Å². The molecule has 4 heteroatoms. The Morgan fingerprint density at radius 3 is 3.00 bits per heavy atom. The normalized spacial score (nSPS) is 20.2. The van der Waals surface area contributed by atoms with E-state index in [9.17, 15) is 0 Å². The Kier molecular flexibility index (Phi) is 4.74. The van der Waals surface area contributed by atoms with Gasteiger partial charge in [0.05, 0.1) is 12.3 Å². The zero-order chi connectivity index (χ0) is 11.9. The zero-order valence-electron chi connectivity index (χ0n) is 10.5. The zero-order valence-corrected chi connectivity index (χ0v) is 10.5. The molecule has 0 amide bonds. The van der Waals surface area contributed by atoms with Crippen LogP contribution in [-0.2, 0) is 0 Å². The van der Waals surface area contributed by atoms with Crippen molar-refractivity contribution >= 4 is 0 Å². The van der Waals surface area contributed by atoms with Gasteiger partial charge in [0, 0.05) is 12.1 Å². The van der Waals surface area contributed by atoms with Gasteiger partial charge in [0.2, 0.25) is 5.88 Å². The molecule has 1 saturated heterocycles. The van der Waals surface area contributed by atoms with Crippen LogP contribution in [0.2, 0.25) is 0 Å². The summed E-state index contributed by atoms with van der Waals surface area (Å²) in [5.74, 6) is 0.632. The molecule has 2 heterocycles. The molecule has 0 radical (unpaired) electrons. The van der Waals surface area contributed by atoms with Crippen molar-refractivity contribution in [2.75, 3.05) is 13.2 Å². The molecule has 0 aromatic carbocycles. The average Bonchev–Trinajstić information content (AvgIpc) is 2.38. The first-order chi connectivity index (χ1) is 8.34. The quantitative estimate of drug-likeness (QED) is 0.794. The van der Waals surface area contributed by atoms with E-state index in [1.165, 1.54) is 32.2 Å². The van der Waals surface area contributed by atoms with Crippen molar-refractivity contribution in [2.45, 2.75) is 45.1 Å². The second-order valence-electron chi connectivity index (χ2n) is 4.65. The number of aromatic nitrogens is 2. The summed E-state index contributed by atoms with van der Waals surface area (Å²) in [4.78, 5) is 0.